The third-order valence-electron chi connectivity index (χ3n) is 4.54. The summed E-state index contributed by atoms with van der Waals surface area (Å²) in [5, 5.41) is 6.46. The Balaban J connectivity index is 1.52. The standard InChI is InChI=1S/C16H22N2O/c1-11-5-4-8-17-15(11)16(19)18-10-13-9-12-6-2-3-7-14(12)13/h2-3,6-7,11,13,15,17H,4-5,8-10H2,1H3,(H,18,19). The van der Waals surface area contributed by atoms with Gasteiger partial charge < -0.3 is 10.6 Å². The SMILES string of the molecule is CC1CCCNC1C(=O)NCC1Cc2ccccc21. The van der Waals surface area contributed by atoms with Crippen molar-refractivity contribution in [2.24, 2.45) is 5.92 Å². The third kappa shape index (κ3) is 2.52. The summed E-state index contributed by atoms with van der Waals surface area (Å²) in [7, 11) is 0. The van der Waals surface area contributed by atoms with Crippen LogP contribution in [0.3, 0.4) is 0 Å². The molecule has 0 bridgehead atoms. The van der Waals surface area contributed by atoms with E-state index in [-0.39, 0.29) is 11.9 Å². The summed E-state index contributed by atoms with van der Waals surface area (Å²) in [5.74, 6) is 1.14. The Morgan fingerprint density at radius 2 is 2.26 bits per heavy atom. The smallest absolute Gasteiger partial charge is 0.237 e. The van der Waals surface area contributed by atoms with Crippen LogP contribution in [0, 0.1) is 5.92 Å². The summed E-state index contributed by atoms with van der Waals surface area (Å²) < 4.78 is 0. The number of amides is 1. The van der Waals surface area contributed by atoms with Gasteiger partial charge in [0.25, 0.3) is 0 Å². The number of nitrogens with one attached hydrogen (secondary N) is 2. The molecule has 1 aliphatic carbocycles. The van der Waals surface area contributed by atoms with Crippen LogP contribution >= 0.6 is 0 Å². The van der Waals surface area contributed by atoms with Crippen molar-refractivity contribution in [1.29, 1.82) is 0 Å². The van der Waals surface area contributed by atoms with Crippen molar-refractivity contribution in [3.8, 4) is 0 Å². The summed E-state index contributed by atoms with van der Waals surface area (Å²) in [6, 6.07) is 8.53. The maximum atomic E-state index is 12.2. The van der Waals surface area contributed by atoms with Gasteiger partial charge in [-0.1, -0.05) is 31.2 Å². The first-order chi connectivity index (χ1) is 9.25. The van der Waals surface area contributed by atoms with E-state index in [1.807, 2.05) is 0 Å². The number of fused-ring (bicyclic) bond motifs is 1. The molecular formula is C16H22N2O. The largest absolute Gasteiger partial charge is 0.354 e. The molecule has 1 heterocycles. The van der Waals surface area contributed by atoms with E-state index in [1.54, 1.807) is 0 Å². The van der Waals surface area contributed by atoms with Crippen LogP contribution < -0.4 is 10.6 Å². The summed E-state index contributed by atoms with van der Waals surface area (Å²) in [4.78, 5) is 12.2. The lowest BCUT2D eigenvalue weighted by atomic mass is 9.77. The Labute approximate surface area is 114 Å². The van der Waals surface area contributed by atoms with Gasteiger partial charge in [0.15, 0.2) is 0 Å². The zero-order valence-corrected chi connectivity index (χ0v) is 11.5. The van der Waals surface area contributed by atoms with Crippen LogP contribution in [0.2, 0.25) is 0 Å². The predicted molar refractivity (Wildman–Crippen MR) is 76.1 cm³/mol. The third-order valence-corrected chi connectivity index (χ3v) is 4.54. The monoisotopic (exact) mass is 258 g/mol. The molecule has 1 aromatic rings. The first-order valence-electron chi connectivity index (χ1n) is 7.34. The van der Waals surface area contributed by atoms with Crippen molar-refractivity contribution < 1.29 is 4.79 Å². The highest BCUT2D eigenvalue weighted by Gasteiger charge is 2.29. The predicted octanol–water partition coefficient (Wildman–Crippen LogP) is 1.83. The molecule has 2 N–H and O–H groups in total. The molecule has 1 fully saturated rings. The second-order valence-electron chi connectivity index (χ2n) is 5.90. The molecule has 3 nitrogen and oxygen atoms in total. The number of carbonyl (C=O) groups is 1. The highest BCUT2D eigenvalue weighted by atomic mass is 16.2. The summed E-state index contributed by atoms with van der Waals surface area (Å²) in [6.07, 6.45) is 3.43. The summed E-state index contributed by atoms with van der Waals surface area (Å²) in [6.45, 7) is 3.91. The number of piperidine rings is 1. The molecule has 3 atom stereocenters. The average Bonchev–Trinajstić information content (AvgIpc) is 2.40. The Kier molecular flexibility index (Phi) is 3.56. The van der Waals surface area contributed by atoms with E-state index in [9.17, 15) is 4.79 Å². The number of carbonyl (C=O) groups excluding carboxylic acids is 1. The van der Waals surface area contributed by atoms with E-state index in [2.05, 4.69) is 41.8 Å². The molecule has 1 saturated heterocycles. The van der Waals surface area contributed by atoms with Crippen LogP contribution in [-0.2, 0) is 11.2 Å². The molecular weight excluding hydrogens is 236 g/mol. The topological polar surface area (TPSA) is 41.1 Å². The van der Waals surface area contributed by atoms with Crippen molar-refractivity contribution in [3.63, 3.8) is 0 Å². The van der Waals surface area contributed by atoms with Gasteiger partial charge in [0, 0.05) is 12.5 Å². The van der Waals surface area contributed by atoms with E-state index in [0.29, 0.717) is 11.8 Å². The minimum Gasteiger partial charge on any atom is -0.354 e. The first-order valence-corrected chi connectivity index (χ1v) is 7.34. The van der Waals surface area contributed by atoms with Crippen LogP contribution in [0.1, 0.15) is 36.8 Å². The van der Waals surface area contributed by atoms with E-state index in [1.165, 1.54) is 17.5 Å². The molecule has 2 aliphatic rings. The Morgan fingerprint density at radius 3 is 3.05 bits per heavy atom. The number of hydrogen-bond acceptors (Lipinski definition) is 2. The zero-order chi connectivity index (χ0) is 13.2. The lowest BCUT2D eigenvalue weighted by Crippen LogP contribution is -2.51. The second-order valence-corrected chi connectivity index (χ2v) is 5.90. The highest BCUT2D eigenvalue weighted by molar-refractivity contribution is 5.82. The first kappa shape index (κ1) is 12.7. The van der Waals surface area contributed by atoms with Crippen molar-refractivity contribution in [2.45, 2.75) is 38.1 Å². The van der Waals surface area contributed by atoms with E-state index < -0.39 is 0 Å². The van der Waals surface area contributed by atoms with E-state index in [4.69, 9.17) is 0 Å². The maximum absolute atomic E-state index is 12.2. The van der Waals surface area contributed by atoms with E-state index in [0.717, 1.165) is 25.9 Å². The van der Waals surface area contributed by atoms with Gasteiger partial charge in [-0.05, 0) is 42.9 Å². The Bertz CT molecular complexity index is 472. The fourth-order valence-electron chi connectivity index (χ4n) is 3.28. The summed E-state index contributed by atoms with van der Waals surface area (Å²) >= 11 is 0. The minimum absolute atomic E-state index is 0.00377. The molecule has 0 saturated carbocycles. The molecule has 0 aromatic heterocycles. The molecule has 3 rings (SSSR count). The quantitative estimate of drug-likeness (QED) is 0.868. The second kappa shape index (κ2) is 5.33. The molecule has 102 valence electrons. The number of rotatable bonds is 3. The van der Waals surface area contributed by atoms with Gasteiger partial charge in [-0.15, -0.1) is 0 Å². The normalized spacial score (nSPS) is 29.2. The molecule has 0 spiro atoms. The Morgan fingerprint density at radius 1 is 1.42 bits per heavy atom. The van der Waals surface area contributed by atoms with Crippen molar-refractivity contribution in [3.05, 3.63) is 35.4 Å². The number of hydrogen-bond donors (Lipinski definition) is 2. The molecule has 3 unspecified atom stereocenters. The zero-order valence-electron chi connectivity index (χ0n) is 11.5. The average molecular weight is 258 g/mol. The molecule has 19 heavy (non-hydrogen) atoms. The van der Waals surface area contributed by atoms with Crippen LogP contribution in [0.4, 0.5) is 0 Å². The van der Waals surface area contributed by atoms with Gasteiger partial charge in [0.05, 0.1) is 6.04 Å². The fourth-order valence-corrected chi connectivity index (χ4v) is 3.28. The van der Waals surface area contributed by atoms with Crippen LogP contribution in [0.15, 0.2) is 24.3 Å². The van der Waals surface area contributed by atoms with Crippen molar-refractivity contribution >= 4 is 5.91 Å². The molecule has 1 aromatic carbocycles. The lowest BCUT2D eigenvalue weighted by Gasteiger charge is -2.32. The fraction of sp³-hybridized carbons (Fsp3) is 0.562. The van der Waals surface area contributed by atoms with Gasteiger partial charge in [-0.25, -0.2) is 0 Å². The maximum Gasteiger partial charge on any atom is 0.237 e. The van der Waals surface area contributed by atoms with Gasteiger partial charge in [-0.2, -0.15) is 0 Å². The van der Waals surface area contributed by atoms with Crippen LogP contribution in [0.5, 0.6) is 0 Å². The van der Waals surface area contributed by atoms with Gasteiger partial charge >= 0.3 is 0 Å². The highest BCUT2D eigenvalue weighted by Crippen LogP contribution is 2.34. The molecule has 0 radical (unpaired) electrons. The van der Waals surface area contributed by atoms with Crippen molar-refractivity contribution in [2.75, 3.05) is 13.1 Å². The van der Waals surface area contributed by atoms with Gasteiger partial charge in [-0.3, -0.25) is 4.79 Å². The molecule has 1 aliphatic heterocycles. The minimum atomic E-state index is 0.00377. The summed E-state index contributed by atoms with van der Waals surface area (Å²) in [5.41, 5.74) is 2.85. The van der Waals surface area contributed by atoms with Gasteiger partial charge in [0.1, 0.15) is 0 Å². The van der Waals surface area contributed by atoms with Crippen molar-refractivity contribution in [1.82, 2.24) is 10.6 Å². The van der Waals surface area contributed by atoms with Crippen LogP contribution in [0.25, 0.3) is 0 Å². The Hall–Kier alpha value is -1.35. The molecule has 3 heteroatoms. The molecule has 1 amide bonds. The van der Waals surface area contributed by atoms with E-state index >= 15 is 0 Å². The van der Waals surface area contributed by atoms with Gasteiger partial charge in [0.2, 0.25) is 5.91 Å². The number of benzene rings is 1. The van der Waals surface area contributed by atoms with Crippen LogP contribution in [-0.4, -0.2) is 25.0 Å². The lowest BCUT2D eigenvalue weighted by molar-refractivity contribution is -0.124.